The molecule has 2 aliphatic heterocycles. The van der Waals surface area contributed by atoms with Gasteiger partial charge in [0.05, 0.1) is 6.26 Å². The first-order chi connectivity index (χ1) is 8.25. The van der Waals surface area contributed by atoms with Gasteiger partial charge in [0.2, 0.25) is 0 Å². The molecule has 1 aromatic rings. The fourth-order valence-electron chi connectivity index (χ4n) is 2.24. The quantitative estimate of drug-likeness (QED) is 0.505. The summed E-state index contributed by atoms with van der Waals surface area (Å²) in [6.07, 6.45) is 8.54. The van der Waals surface area contributed by atoms with E-state index in [0.29, 0.717) is 5.75 Å². The summed E-state index contributed by atoms with van der Waals surface area (Å²) in [6.45, 7) is 1.93. The number of benzene rings is 1. The van der Waals surface area contributed by atoms with E-state index in [-0.39, 0.29) is 5.97 Å². The SMILES string of the molecule is Cc1c2c(cc3c1OC(=O)C=CC3)CC=CO2. The monoisotopic (exact) mass is 228 g/mol. The van der Waals surface area contributed by atoms with Crippen molar-refractivity contribution in [2.45, 2.75) is 19.8 Å². The Labute approximate surface area is 99.3 Å². The van der Waals surface area contributed by atoms with Crippen LogP contribution >= 0.6 is 0 Å². The lowest BCUT2D eigenvalue weighted by Gasteiger charge is -2.19. The number of allylic oxidation sites excluding steroid dienone is 2. The third kappa shape index (κ3) is 1.64. The van der Waals surface area contributed by atoms with Gasteiger partial charge in [0.1, 0.15) is 11.5 Å². The summed E-state index contributed by atoms with van der Waals surface area (Å²) in [5.41, 5.74) is 3.09. The van der Waals surface area contributed by atoms with E-state index in [9.17, 15) is 4.79 Å². The van der Waals surface area contributed by atoms with Crippen LogP contribution in [-0.2, 0) is 17.6 Å². The van der Waals surface area contributed by atoms with Crippen molar-refractivity contribution in [1.29, 1.82) is 0 Å². The predicted octanol–water partition coefficient (Wildman–Crippen LogP) is 2.46. The van der Waals surface area contributed by atoms with Crippen LogP contribution in [0.25, 0.3) is 0 Å². The molecular weight excluding hydrogens is 216 g/mol. The lowest BCUT2D eigenvalue weighted by molar-refractivity contribution is -0.128. The van der Waals surface area contributed by atoms with E-state index in [1.807, 2.05) is 19.1 Å². The van der Waals surface area contributed by atoms with E-state index >= 15 is 0 Å². The van der Waals surface area contributed by atoms with Gasteiger partial charge in [0.25, 0.3) is 0 Å². The summed E-state index contributed by atoms with van der Waals surface area (Å²) < 4.78 is 10.8. The number of esters is 1. The number of hydrogen-bond donors (Lipinski definition) is 0. The number of rotatable bonds is 0. The molecule has 3 heteroatoms. The average molecular weight is 228 g/mol. The van der Waals surface area contributed by atoms with Crippen molar-refractivity contribution in [2.75, 3.05) is 0 Å². The summed E-state index contributed by atoms with van der Waals surface area (Å²) in [7, 11) is 0. The average Bonchev–Trinajstić information content (AvgIpc) is 2.51. The molecule has 0 atom stereocenters. The van der Waals surface area contributed by atoms with E-state index in [0.717, 1.165) is 35.3 Å². The van der Waals surface area contributed by atoms with Crippen LogP contribution < -0.4 is 9.47 Å². The van der Waals surface area contributed by atoms with Crippen molar-refractivity contribution in [2.24, 2.45) is 0 Å². The van der Waals surface area contributed by atoms with Crippen LogP contribution in [0.1, 0.15) is 16.7 Å². The highest BCUT2D eigenvalue weighted by Gasteiger charge is 2.20. The summed E-state index contributed by atoms with van der Waals surface area (Å²) in [5, 5.41) is 0. The molecule has 0 unspecified atom stereocenters. The fourth-order valence-corrected chi connectivity index (χ4v) is 2.24. The Morgan fingerprint density at radius 1 is 1.12 bits per heavy atom. The first-order valence-electron chi connectivity index (χ1n) is 5.61. The van der Waals surface area contributed by atoms with Crippen LogP contribution in [0.2, 0.25) is 0 Å². The molecule has 0 spiro atoms. The van der Waals surface area contributed by atoms with Gasteiger partial charge in [-0.25, -0.2) is 4.79 Å². The van der Waals surface area contributed by atoms with Crippen LogP contribution in [0.15, 0.2) is 30.6 Å². The zero-order valence-electron chi connectivity index (χ0n) is 9.53. The Bertz CT molecular complexity index is 553. The molecule has 86 valence electrons. The molecule has 3 rings (SSSR count). The number of hydrogen-bond acceptors (Lipinski definition) is 3. The van der Waals surface area contributed by atoms with Gasteiger partial charge < -0.3 is 9.47 Å². The Balaban J connectivity index is 2.18. The molecule has 0 saturated carbocycles. The van der Waals surface area contributed by atoms with Crippen molar-refractivity contribution in [1.82, 2.24) is 0 Å². The topological polar surface area (TPSA) is 35.5 Å². The predicted molar refractivity (Wildman–Crippen MR) is 63.1 cm³/mol. The summed E-state index contributed by atoms with van der Waals surface area (Å²) >= 11 is 0. The van der Waals surface area contributed by atoms with Crippen molar-refractivity contribution in [3.8, 4) is 11.5 Å². The summed E-state index contributed by atoms with van der Waals surface area (Å²) in [5.74, 6) is 1.15. The normalized spacial score (nSPS) is 16.6. The van der Waals surface area contributed by atoms with Gasteiger partial charge in [-0.1, -0.05) is 6.08 Å². The highest BCUT2D eigenvalue weighted by atomic mass is 16.5. The molecule has 1 aromatic carbocycles. The molecule has 17 heavy (non-hydrogen) atoms. The molecule has 2 aliphatic rings. The van der Waals surface area contributed by atoms with Gasteiger partial charge in [-0.15, -0.1) is 0 Å². The van der Waals surface area contributed by atoms with Gasteiger partial charge in [0, 0.05) is 11.6 Å². The maximum absolute atomic E-state index is 11.4. The highest BCUT2D eigenvalue weighted by molar-refractivity contribution is 5.85. The molecule has 0 aromatic heterocycles. The molecule has 3 nitrogen and oxygen atoms in total. The van der Waals surface area contributed by atoms with Crippen LogP contribution in [0.5, 0.6) is 11.5 Å². The molecule has 0 fully saturated rings. The molecule has 0 amide bonds. The first kappa shape index (κ1) is 10.1. The minimum absolute atomic E-state index is 0.321. The standard InChI is InChI=1S/C14H12O3/c1-9-13-10(5-3-7-16-13)8-11-4-2-6-12(15)17-14(9)11/h2-3,6-8H,4-5H2,1H3. The second-order valence-electron chi connectivity index (χ2n) is 4.20. The van der Waals surface area contributed by atoms with Crippen LogP contribution in [0.3, 0.4) is 0 Å². The van der Waals surface area contributed by atoms with E-state index in [1.165, 1.54) is 6.08 Å². The summed E-state index contributed by atoms with van der Waals surface area (Å²) in [6, 6.07) is 2.06. The Hall–Kier alpha value is -2.03. The van der Waals surface area contributed by atoms with Gasteiger partial charge in [-0.2, -0.15) is 0 Å². The zero-order chi connectivity index (χ0) is 11.8. The molecular formula is C14H12O3. The molecule has 0 saturated heterocycles. The number of fused-ring (bicyclic) bond motifs is 2. The van der Waals surface area contributed by atoms with E-state index in [4.69, 9.17) is 9.47 Å². The second-order valence-corrected chi connectivity index (χ2v) is 4.20. The maximum atomic E-state index is 11.4. The van der Waals surface area contributed by atoms with Crippen LogP contribution in [0, 0.1) is 6.92 Å². The third-order valence-corrected chi connectivity index (χ3v) is 3.03. The molecule has 2 heterocycles. The Morgan fingerprint density at radius 2 is 1.88 bits per heavy atom. The number of carbonyl (C=O) groups is 1. The molecule has 0 aliphatic carbocycles. The Kier molecular flexibility index (Phi) is 2.25. The number of ether oxygens (including phenoxy) is 2. The second kappa shape index (κ2) is 3.77. The van der Waals surface area contributed by atoms with Gasteiger partial charge in [0.15, 0.2) is 0 Å². The van der Waals surface area contributed by atoms with Crippen LogP contribution in [-0.4, -0.2) is 5.97 Å². The molecule has 0 N–H and O–H groups in total. The third-order valence-electron chi connectivity index (χ3n) is 3.03. The van der Waals surface area contributed by atoms with Crippen molar-refractivity contribution < 1.29 is 14.3 Å². The minimum atomic E-state index is -0.321. The lowest BCUT2D eigenvalue weighted by Crippen LogP contribution is -2.08. The van der Waals surface area contributed by atoms with Gasteiger partial charge in [-0.05, 0) is 43.0 Å². The Morgan fingerprint density at radius 3 is 2.76 bits per heavy atom. The highest BCUT2D eigenvalue weighted by Crippen LogP contribution is 2.38. The van der Waals surface area contributed by atoms with Crippen molar-refractivity contribution >= 4 is 5.97 Å². The first-order valence-corrected chi connectivity index (χ1v) is 5.61. The maximum Gasteiger partial charge on any atom is 0.335 e. The van der Waals surface area contributed by atoms with Crippen molar-refractivity contribution in [3.63, 3.8) is 0 Å². The smallest absolute Gasteiger partial charge is 0.335 e. The number of carbonyl (C=O) groups excluding carboxylic acids is 1. The van der Waals surface area contributed by atoms with Crippen molar-refractivity contribution in [3.05, 3.63) is 47.2 Å². The largest absolute Gasteiger partial charge is 0.465 e. The van der Waals surface area contributed by atoms with E-state index < -0.39 is 0 Å². The van der Waals surface area contributed by atoms with E-state index in [2.05, 4.69) is 6.07 Å². The zero-order valence-corrected chi connectivity index (χ0v) is 9.53. The lowest BCUT2D eigenvalue weighted by atomic mass is 9.98. The van der Waals surface area contributed by atoms with Gasteiger partial charge in [-0.3, -0.25) is 0 Å². The van der Waals surface area contributed by atoms with Gasteiger partial charge >= 0.3 is 5.97 Å². The minimum Gasteiger partial charge on any atom is -0.465 e. The summed E-state index contributed by atoms with van der Waals surface area (Å²) in [4.78, 5) is 11.4. The molecule has 0 radical (unpaired) electrons. The van der Waals surface area contributed by atoms with Crippen LogP contribution in [0.4, 0.5) is 0 Å². The fraction of sp³-hybridized carbons (Fsp3) is 0.214. The molecule has 0 bridgehead atoms. The van der Waals surface area contributed by atoms with E-state index in [1.54, 1.807) is 6.26 Å².